The Morgan fingerprint density at radius 1 is 1.33 bits per heavy atom. The summed E-state index contributed by atoms with van der Waals surface area (Å²) in [4.78, 5) is 14.0. The zero-order valence-electron chi connectivity index (χ0n) is 15.3. The molecular weight excluding hydrogens is 311 g/mol. The van der Waals surface area contributed by atoms with Crippen LogP contribution in [0.15, 0.2) is 18.2 Å². The van der Waals surface area contributed by atoms with E-state index in [9.17, 15) is 9.18 Å². The van der Waals surface area contributed by atoms with Crippen LogP contribution in [0.3, 0.4) is 0 Å². The van der Waals surface area contributed by atoms with Gasteiger partial charge in [0.2, 0.25) is 0 Å². The van der Waals surface area contributed by atoms with Crippen molar-refractivity contribution in [3.63, 3.8) is 0 Å². The molecule has 24 heavy (non-hydrogen) atoms. The maximum absolute atomic E-state index is 13.6. The van der Waals surface area contributed by atoms with Gasteiger partial charge in [0.15, 0.2) is 11.5 Å². The maximum atomic E-state index is 13.6. The van der Waals surface area contributed by atoms with E-state index in [0.29, 0.717) is 18.8 Å². The summed E-state index contributed by atoms with van der Waals surface area (Å²) in [5.74, 6) is -0.0555. The smallest absolute Gasteiger partial charge is 0.415 e. The van der Waals surface area contributed by atoms with E-state index in [4.69, 9.17) is 15.2 Å². The summed E-state index contributed by atoms with van der Waals surface area (Å²) in [5.41, 5.74) is 5.10. The van der Waals surface area contributed by atoms with Crippen LogP contribution < -0.4 is 15.2 Å². The molecule has 0 saturated heterocycles. The monoisotopic (exact) mass is 340 g/mol. The lowest BCUT2D eigenvalue weighted by Crippen LogP contribution is -2.46. The van der Waals surface area contributed by atoms with Crippen molar-refractivity contribution in [1.82, 2.24) is 4.90 Å². The van der Waals surface area contributed by atoms with Crippen LogP contribution in [0.5, 0.6) is 11.5 Å². The van der Waals surface area contributed by atoms with Gasteiger partial charge in [0, 0.05) is 18.2 Å². The number of hydrogen-bond donors (Lipinski definition) is 1. The lowest BCUT2D eigenvalue weighted by molar-refractivity contribution is 0.108. The Kier molecular flexibility index (Phi) is 7.48. The zero-order chi connectivity index (χ0) is 18.3. The summed E-state index contributed by atoms with van der Waals surface area (Å²) in [5, 5.41) is 0. The van der Waals surface area contributed by atoms with Gasteiger partial charge in [-0.3, -0.25) is 0 Å². The highest BCUT2D eigenvalue weighted by atomic mass is 19.1. The summed E-state index contributed by atoms with van der Waals surface area (Å²) in [6.07, 6.45) is 0.951. The molecule has 0 aromatic heterocycles. The minimum Gasteiger partial charge on any atom is -0.487 e. The summed E-state index contributed by atoms with van der Waals surface area (Å²) < 4.78 is 24.8. The number of halogens is 1. The zero-order valence-corrected chi connectivity index (χ0v) is 15.3. The van der Waals surface area contributed by atoms with E-state index in [2.05, 4.69) is 0 Å². The van der Waals surface area contributed by atoms with Crippen LogP contribution in [0.1, 0.15) is 47.5 Å². The molecular formula is C18H29FN2O3. The number of carbonyl (C=O) groups is 1. The predicted molar refractivity (Wildman–Crippen MR) is 92.9 cm³/mol. The summed E-state index contributed by atoms with van der Waals surface area (Å²) in [6, 6.07) is 3.92. The summed E-state index contributed by atoms with van der Waals surface area (Å²) in [6.45, 7) is 10.6. The van der Waals surface area contributed by atoms with Gasteiger partial charge in [0.05, 0.1) is 6.10 Å². The Bertz CT molecular complexity index is 544. The molecule has 0 radical (unpaired) electrons. The van der Waals surface area contributed by atoms with E-state index in [1.807, 2.05) is 34.6 Å². The van der Waals surface area contributed by atoms with Gasteiger partial charge in [-0.1, -0.05) is 0 Å². The number of nitrogens with two attached hydrogens (primary N) is 1. The minimum absolute atomic E-state index is 0.0855. The van der Waals surface area contributed by atoms with Gasteiger partial charge in [-0.05, 0) is 66.1 Å². The summed E-state index contributed by atoms with van der Waals surface area (Å²) >= 11 is 0. The molecule has 0 aliphatic heterocycles. The van der Waals surface area contributed by atoms with Crippen molar-refractivity contribution in [2.75, 3.05) is 13.1 Å². The SMILES string of the molecule is CCN(C(=O)Oc1cc(F)ccc1O[C@H](C)CCCN)C(C)(C)C. The molecule has 1 rings (SSSR count). The van der Waals surface area contributed by atoms with Gasteiger partial charge >= 0.3 is 6.09 Å². The van der Waals surface area contributed by atoms with Crippen LogP contribution in [-0.4, -0.2) is 35.7 Å². The van der Waals surface area contributed by atoms with E-state index in [0.717, 1.165) is 12.8 Å². The lowest BCUT2D eigenvalue weighted by atomic mass is 10.1. The van der Waals surface area contributed by atoms with E-state index >= 15 is 0 Å². The molecule has 2 N–H and O–H groups in total. The van der Waals surface area contributed by atoms with Gasteiger partial charge in [-0.15, -0.1) is 0 Å². The Morgan fingerprint density at radius 3 is 2.54 bits per heavy atom. The molecule has 0 heterocycles. The molecule has 1 aromatic carbocycles. The average molecular weight is 340 g/mol. The fourth-order valence-corrected chi connectivity index (χ4v) is 2.37. The molecule has 136 valence electrons. The standard InChI is InChI=1S/C18H29FN2O3/c1-6-21(18(3,4)5)17(22)24-16-12-14(19)9-10-15(16)23-13(2)8-7-11-20/h9-10,12-13H,6-8,11,20H2,1-5H3/t13-/m1/s1. The topological polar surface area (TPSA) is 64.8 Å². The molecule has 0 fully saturated rings. The van der Waals surface area contributed by atoms with Crippen LogP contribution in [0.4, 0.5) is 9.18 Å². The fourth-order valence-electron chi connectivity index (χ4n) is 2.37. The maximum Gasteiger partial charge on any atom is 0.415 e. The number of benzene rings is 1. The first-order valence-electron chi connectivity index (χ1n) is 8.34. The van der Waals surface area contributed by atoms with Gasteiger partial charge in [0.1, 0.15) is 5.82 Å². The number of ether oxygens (including phenoxy) is 2. The molecule has 5 nitrogen and oxygen atoms in total. The molecule has 0 unspecified atom stereocenters. The van der Waals surface area contributed by atoms with Crippen molar-refractivity contribution in [3.8, 4) is 11.5 Å². The second-order valence-electron chi connectivity index (χ2n) is 6.73. The third-order valence-electron chi connectivity index (χ3n) is 3.59. The molecule has 1 atom stereocenters. The minimum atomic E-state index is -0.532. The predicted octanol–water partition coefficient (Wildman–Crippen LogP) is 3.95. The van der Waals surface area contributed by atoms with Gasteiger partial charge in [0.25, 0.3) is 0 Å². The molecule has 6 heteroatoms. The highest BCUT2D eigenvalue weighted by Crippen LogP contribution is 2.30. The Morgan fingerprint density at radius 2 is 2.00 bits per heavy atom. The first-order valence-corrected chi connectivity index (χ1v) is 8.34. The van der Waals surface area contributed by atoms with Gasteiger partial charge in [-0.2, -0.15) is 0 Å². The average Bonchev–Trinajstić information content (AvgIpc) is 2.47. The molecule has 0 aliphatic rings. The second kappa shape index (κ2) is 8.87. The molecule has 0 saturated carbocycles. The number of carbonyl (C=O) groups excluding carboxylic acids is 1. The highest BCUT2D eigenvalue weighted by molar-refractivity contribution is 5.72. The number of nitrogens with zero attached hydrogens (tertiary/aromatic N) is 1. The molecule has 1 aromatic rings. The van der Waals surface area contributed by atoms with Crippen molar-refractivity contribution in [2.45, 2.75) is 59.1 Å². The normalized spacial score (nSPS) is 12.6. The first-order chi connectivity index (χ1) is 11.2. The number of hydrogen-bond acceptors (Lipinski definition) is 4. The van der Waals surface area contributed by atoms with Crippen LogP contribution in [0, 0.1) is 5.82 Å². The highest BCUT2D eigenvalue weighted by Gasteiger charge is 2.27. The largest absolute Gasteiger partial charge is 0.487 e. The Labute approximate surface area is 143 Å². The third-order valence-corrected chi connectivity index (χ3v) is 3.59. The number of rotatable bonds is 7. The van der Waals surface area contributed by atoms with Crippen molar-refractivity contribution in [1.29, 1.82) is 0 Å². The summed E-state index contributed by atoms with van der Waals surface area (Å²) in [7, 11) is 0. The van der Waals surface area contributed by atoms with Crippen LogP contribution >= 0.6 is 0 Å². The fraction of sp³-hybridized carbons (Fsp3) is 0.611. The van der Waals surface area contributed by atoms with Crippen LogP contribution in [-0.2, 0) is 0 Å². The van der Waals surface area contributed by atoms with E-state index < -0.39 is 17.4 Å². The molecule has 0 spiro atoms. The third kappa shape index (κ3) is 6.00. The lowest BCUT2D eigenvalue weighted by Gasteiger charge is -2.33. The van der Waals surface area contributed by atoms with E-state index in [1.54, 1.807) is 4.90 Å². The Hall–Kier alpha value is -1.82. The van der Waals surface area contributed by atoms with E-state index in [1.165, 1.54) is 18.2 Å². The molecule has 1 amide bonds. The first kappa shape index (κ1) is 20.2. The van der Waals surface area contributed by atoms with Crippen molar-refractivity contribution < 1.29 is 18.7 Å². The van der Waals surface area contributed by atoms with Crippen molar-refractivity contribution in [2.24, 2.45) is 5.73 Å². The molecule has 0 bridgehead atoms. The van der Waals surface area contributed by atoms with Crippen LogP contribution in [0.25, 0.3) is 0 Å². The second-order valence-corrected chi connectivity index (χ2v) is 6.73. The molecule has 0 aliphatic carbocycles. The van der Waals surface area contributed by atoms with Gasteiger partial charge < -0.3 is 20.1 Å². The van der Waals surface area contributed by atoms with Crippen molar-refractivity contribution in [3.05, 3.63) is 24.0 Å². The van der Waals surface area contributed by atoms with Crippen LogP contribution in [0.2, 0.25) is 0 Å². The van der Waals surface area contributed by atoms with Gasteiger partial charge in [-0.25, -0.2) is 9.18 Å². The van der Waals surface area contributed by atoms with E-state index in [-0.39, 0.29) is 11.9 Å². The number of amides is 1. The van der Waals surface area contributed by atoms with Crippen molar-refractivity contribution >= 4 is 6.09 Å². The Balaban J connectivity index is 2.93. The quantitative estimate of drug-likeness (QED) is 0.816.